The van der Waals surface area contributed by atoms with E-state index < -0.39 is 5.82 Å². The minimum Gasteiger partial charge on any atom is -0.399 e. The lowest BCUT2D eigenvalue weighted by Gasteiger charge is -2.10. The van der Waals surface area contributed by atoms with Crippen molar-refractivity contribution in [1.29, 1.82) is 0 Å². The summed E-state index contributed by atoms with van der Waals surface area (Å²) in [5, 5.41) is 2.68. The molecule has 0 radical (unpaired) electrons. The molecule has 0 atom stereocenters. The highest BCUT2D eigenvalue weighted by molar-refractivity contribution is 5.95. The Morgan fingerprint density at radius 1 is 1.44 bits per heavy atom. The second-order valence-corrected chi connectivity index (χ2v) is 3.83. The molecule has 88 valence electrons. The number of nitrogens with one attached hydrogen (secondary N) is 1. The number of nitrogens with two attached hydrogens (primary N) is 1. The first-order valence-electron chi connectivity index (χ1n) is 4.98. The van der Waals surface area contributed by atoms with Gasteiger partial charge in [-0.25, -0.2) is 4.39 Å². The average Bonchev–Trinajstić information content (AvgIpc) is 2.15. The number of hydrogen-bond acceptors (Lipinski definition) is 3. The molecule has 0 aromatic heterocycles. The molecular formula is C11H16FN3O. The zero-order chi connectivity index (χ0) is 12.1. The van der Waals surface area contributed by atoms with Crippen LogP contribution in [0.5, 0.6) is 0 Å². The van der Waals surface area contributed by atoms with Gasteiger partial charge < -0.3 is 16.0 Å². The molecule has 1 aromatic rings. The van der Waals surface area contributed by atoms with Gasteiger partial charge in [0.1, 0.15) is 5.82 Å². The van der Waals surface area contributed by atoms with Crippen LogP contribution in [0.1, 0.15) is 10.4 Å². The number of nitrogen functional groups attached to an aromatic ring is 1. The number of anilines is 1. The summed E-state index contributed by atoms with van der Waals surface area (Å²) in [4.78, 5) is 13.5. The molecule has 0 aliphatic rings. The first kappa shape index (κ1) is 12.4. The fourth-order valence-corrected chi connectivity index (χ4v) is 1.24. The van der Waals surface area contributed by atoms with Crippen LogP contribution in [0.2, 0.25) is 0 Å². The summed E-state index contributed by atoms with van der Waals surface area (Å²) in [6.45, 7) is 1.25. The molecule has 0 aliphatic heterocycles. The van der Waals surface area contributed by atoms with E-state index in [2.05, 4.69) is 5.32 Å². The quantitative estimate of drug-likeness (QED) is 0.742. The highest BCUT2D eigenvalue weighted by atomic mass is 19.1. The molecular weight excluding hydrogens is 209 g/mol. The lowest BCUT2D eigenvalue weighted by atomic mass is 10.2. The van der Waals surface area contributed by atoms with Crippen LogP contribution in [0.3, 0.4) is 0 Å². The molecule has 0 saturated heterocycles. The maximum atomic E-state index is 13.0. The standard InChI is InChI=1S/C11H16FN3O/c1-15(2)4-3-14-11(16)8-5-9(12)7-10(13)6-8/h5-7H,3-4,13H2,1-2H3,(H,14,16). The van der Waals surface area contributed by atoms with Gasteiger partial charge in [0.15, 0.2) is 0 Å². The maximum absolute atomic E-state index is 13.0. The first-order chi connectivity index (χ1) is 7.49. The largest absolute Gasteiger partial charge is 0.399 e. The predicted octanol–water partition coefficient (Wildman–Crippen LogP) is 0.699. The van der Waals surface area contributed by atoms with E-state index in [0.29, 0.717) is 6.54 Å². The second kappa shape index (κ2) is 5.46. The number of hydrogen-bond donors (Lipinski definition) is 2. The molecule has 5 heteroatoms. The molecule has 1 aromatic carbocycles. The number of halogens is 1. The summed E-state index contributed by atoms with van der Waals surface area (Å²) >= 11 is 0. The van der Waals surface area contributed by atoms with Crippen molar-refractivity contribution in [3.8, 4) is 0 Å². The Balaban J connectivity index is 2.59. The van der Waals surface area contributed by atoms with Crippen LogP contribution < -0.4 is 11.1 Å². The zero-order valence-electron chi connectivity index (χ0n) is 9.46. The van der Waals surface area contributed by atoms with Crippen molar-refractivity contribution in [2.24, 2.45) is 0 Å². The third-order valence-corrected chi connectivity index (χ3v) is 2.03. The highest BCUT2D eigenvalue weighted by Crippen LogP contribution is 2.10. The van der Waals surface area contributed by atoms with Gasteiger partial charge >= 0.3 is 0 Å². The molecule has 3 N–H and O–H groups in total. The highest BCUT2D eigenvalue weighted by Gasteiger charge is 2.07. The number of nitrogens with zero attached hydrogens (tertiary/aromatic N) is 1. The number of amides is 1. The third kappa shape index (κ3) is 3.86. The first-order valence-corrected chi connectivity index (χ1v) is 4.98. The van der Waals surface area contributed by atoms with E-state index in [9.17, 15) is 9.18 Å². The number of benzene rings is 1. The Kier molecular flexibility index (Phi) is 4.25. The van der Waals surface area contributed by atoms with E-state index >= 15 is 0 Å². The van der Waals surface area contributed by atoms with Gasteiger partial charge in [0, 0.05) is 24.3 Å². The van der Waals surface area contributed by atoms with Crippen molar-refractivity contribution in [1.82, 2.24) is 10.2 Å². The molecule has 16 heavy (non-hydrogen) atoms. The van der Waals surface area contributed by atoms with Gasteiger partial charge in [0.05, 0.1) is 0 Å². The average molecular weight is 225 g/mol. The van der Waals surface area contributed by atoms with Crippen LogP contribution in [0, 0.1) is 5.82 Å². The SMILES string of the molecule is CN(C)CCNC(=O)c1cc(N)cc(F)c1. The molecule has 1 amide bonds. The second-order valence-electron chi connectivity index (χ2n) is 3.83. The molecule has 0 spiro atoms. The van der Waals surface area contributed by atoms with Gasteiger partial charge in [0.2, 0.25) is 0 Å². The Morgan fingerprint density at radius 3 is 2.69 bits per heavy atom. The fraction of sp³-hybridized carbons (Fsp3) is 0.364. The van der Waals surface area contributed by atoms with Crippen molar-refractivity contribution in [2.45, 2.75) is 0 Å². The van der Waals surface area contributed by atoms with Gasteiger partial charge in [-0.1, -0.05) is 0 Å². The third-order valence-electron chi connectivity index (χ3n) is 2.03. The van der Waals surface area contributed by atoms with E-state index in [1.54, 1.807) is 0 Å². The van der Waals surface area contributed by atoms with Crippen LogP contribution >= 0.6 is 0 Å². The van der Waals surface area contributed by atoms with E-state index in [4.69, 9.17) is 5.73 Å². The summed E-state index contributed by atoms with van der Waals surface area (Å²) in [6.07, 6.45) is 0. The van der Waals surface area contributed by atoms with Gasteiger partial charge in [-0.2, -0.15) is 0 Å². The van der Waals surface area contributed by atoms with Crippen LogP contribution in [0.4, 0.5) is 10.1 Å². The smallest absolute Gasteiger partial charge is 0.251 e. The number of likely N-dealkylation sites (N-methyl/N-ethyl adjacent to an activating group) is 1. The van der Waals surface area contributed by atoms with Crippen molar-refractivity contribution < 1.29 is 9.18 Å². The molecule has 0 bridgehead atoms. The fourth-order valence-electron chi connectivity index (χ4n) is 1.24. The van der Waals surface area contributed by atoms with Crippen molar-refractivity contribution >= 4 is 11.6 Å². The van der Waals surface area contributed by atoms with E-state index in [-0.39, 0.29) is 17.2 Å². The maximum Gasteiger partial charge on any atom is 0.251 e. The normalized spacial score (nSPS) is 10.5. The molecule has 4 nitrogen and oxygen atoms in total. The van der Waals surface area contributed by atoms with Gasteiger partial charge in [-0.05, 0) is 32.3 Å². The van der Waals surface area contributed by atoms with Gasteiger partial charge in [-0.15, -0.1) is 0 Å². The monoisotopic (exact) mass is 225 g/mol. The lowest BCUT2D eigenvalue weighted by Crippen LogP contribution is -2.31. The van der Waals surface area contributed by atoms with Gasteiger partial charge in [-0.3, -0.25) is 4.79 Å². The summed E-state index contributed by atoms with van der Waals surface area (Å²) in [5.41, 5.74) is 5.94. The van der Waals surface area contributed by atoms with E-state index in [0.717, 1.165) is 6.54 Å². The number of rotatable bonds is 4. The molecule has 0 saturated carbocycles. The minimum atomic E-state index is -0.502. The van der Waals surface area contributed by atoms with Crippen molar-refractivity contribution in [3.05, 3.63) is 29.6 Å². The van der Waals surface area contributed by atoms with Crippen molar-refractivity contribution in [2.75, 3.05) is 32.9 Å². The molecule has 1 rings (SSSR count). The number of carbonyl (C=O) groups excluding carboxylic acids is 1. The minimum absolute atomic E-state index is 0.247. The Morgan fingerprint density at radius 2 is 2.12 bits per heavy atom. The Hall–Kier alpha value is -1.62. The summed E-state index contributed by atoms with van der Waals surface area (Å²) < 4.78 is 13.0. The van der Waals surface area contributed by atoms with Crippen LogP contribution in [0.25, 0.3) is 0 Å². The zero-order valence-corrected chi connectivity index (χ0v) is 9.46. The summed E-state index contributed by atoms with van der Waals surface area (Å²) in [5.74, 6) is -0.814. The lowest BCUT2D eigenvalue weighted by molar-refractivity contribution is 0.0950. The van der Waals surface area contributed by atoms with Crippen molar-refractivity contribution in [3.63, 3.8) is 0 Å². The van der Waals surface area contributed by atoms with E-state index in [1.807, 2.05) is 19.0 Å². The number of carbonyl (C=O) groups is 1. The summed E-state index contributed by atoms with van der Waals surface area (Å²) in [7, 11) is 3.82. The Bertz CT molecular complexity index is 359. The molecule has 0 aliphatic carbocycles. The van der Waals surface area contributed by atoms with Crippen LogP contribution in [0.15, 0.2) is 18.2 Å². The Labute approximate surface area is 94.2 Å². The van der Waals surface area contributed by atoms with Crippen LogP contribution in [-0.4, -0.2) is 38.0 Å². The summed E-state index contributed by atoms with van der Waals surface area (Å²) in [6, 6.07) is 3.80. The van der Waals surface area contributed by atoms with Gasteiger partial charge in [0.25, 0.3) is 5.91 Å². The van der Waals surface area contributed by atoms with E-state index in [1.165, 1.54) is 18.2 Å². The topological polar surface area (TPSA) is 58.4 Å². The predicted molar refractivity (Wildman–Crippen MR) is 61.7 cm³/mol. The molecule has 0 fully saturated rings. The van der Waals surface area contributed by atoms with Crippen LogP contribution in [-0.2, 0) is 0 Å². The molecule has 0 heterocycles. The molecule has 0 unspecified atom stereocenters.